The SMILES string of the molecule is CC(C)NC(C#N)CCN(C)CC1CCC1. The Hall–Kier alpha value is -0.590. The third kappa shape index (κ3) is 4.96. The number of hydrogen-bond acceptors (Lipinski definition) is 3. The first-order valence-corrected chi connectivity index (χ1v) is 6.46. The van der Waals surface area contributed by atoms with Gasteiger partial charge in [0.25, 0.3) is 0 Å². The van der Waals surface area contributed by atoms with Gasteiger partial charge < -0.3 is 4.90 Å². The highest BCUT2D eigenvalue weighted by atomic mass is 15.1. The van der Waals surface area contributed by atoms with Crippen molar-refractivity contribution in [3.63, 3.8) is 0 Å². The van der Waals surface area contributed by atoms with E-state index >= 15 is 0 Å². The monoisotopic (exact) mass is 223 g/mol. The molecule has 3 nitrogen and oxygen atoms in total. The van der Waals surface area contributed by atoms with Gasteiger partial charge in [0.15, 0.2) is 0 Å². The first-order chi connectivity index (χ1) is 7.61. The second-order valence-electron chi connectivity index (χ2n) is 5.35. The van der Waals surface area contributed by atoms with Gasteiger partial charge in [0, 0.05) is 19.1 Å². The van der Waals surface area contributed by atoms with Crippen molar-refractivity contribution >= 4 is 0 Å². The first kappa shape index (κ1) is 13.5. The van der Waals surface area contributed by atoms with Crippen LogP contribution in [0.4, 0.5) is 0 Å². The highest BCUT2D eigenvalue weighted by Crippen LogP contribution is 2.26. The summed E-state index contributed by atoms with van der Waals surface area (Å²) in [5.41, 5.74) is 0. The lowest BCUT2D eigenvalue weighted by atomic mass is 9.85. The van der Waals surface area contributed by atoms with Gasteiger partial charge in [-0.25, -0.2) is 0 Å². The van der Waals surface area contributed by atoms with Crippen LogP contribution in [-0.2, 0) is 0 Å². The molecule has 1 atom stereocenters. The van der Waals surface area contributed by atoms with Crippen LogP contribution < -0.4 is 5.32 Å². The molecule has 1 fully saturated rings. The molecule has 92 valence electrons. The molecule has 1 aliphatic carbocycles. The van der Waals surface area contributed by atoms with Crippen LogP contribution in [0.25, 0.3) is 0 Å². The minimum atomic E-state index is 0.00356. The average molecular weight is 223 g/mol. The summed E-state index contributed by atoms with van der Waals surface area (Å²) in [6, 6.07) is 2.73. The molecule has 0 spiro atoms. The second-order valence-corrected chi connectivity index (χ2v) is 5.35. The Kier molecular flexibility index (Phi) is 5.79. The normalized spacial score (nSPS) is 18.5. The molecule has 0 aromatic carbocycles. The molecule has 3 heteroatoms. The van der Waals surface area contributed by atoms with Gasteiger partial charge in [0.2, 0.25) is 0 Å². The number of nitriles is 1. The van der Waals surface area contributed by atoms with Crippen LogP contribution in [0.3, 0.4) is 0 Å². The van der Waals surface area contributed by atoms with Crippen molar-refractivity contribution in [1.29, 1.82) is 5.26 Å². The third-order valence-electron chi connectivity index (χ3n) is 3.28. The summed E-state index contributed by atoms with van der Waals surface area (Å²) < 4.78 is 0. The van der Waals surface area contributed by atoms with Crippen LogP contribution in [0.1, 0.15) is 39.5 Å². The van der Waals surface area contributed by atoms with E-state index in [1.165, 1.54) is 25.8 Å². The Labute approximate surface area is 99.8 Å². The van der Waals surface area contributed by atoms with Crippen molar-refractivity contribution in [3.8, 4) is 6.07 Å². The van der Waals surface area contributed by atoms with Gasteiger partial charge in [0.1, 0.15) is 0 Å². The van der Waals surface area contributed by atoms with Crippen molar-refractivity contribution in [2.75, 3.05) is 20.1 Å². The summed E-state index contributed by atoms with van der Waals surface area (Å²) in [6.45, 7) is 6.40. The Morgan fingerprint density at radius 1 is 1.44 bits per heavy atom. The molecule has 16 heavy (non-hydrogen) atoms. The van der Waals surface area contributed by atoms with Gasteiger partial charge >= 0.3 is 0 Å². The minimum absolute atomic E-state index is 0.00356. The fourth-order valence-corrected chi connectivity index (χ4v) is 2.14. The zero-order valence-electron chi connectivity index (χ0n) is 10.9. The van der Waals surface area contributed by atoms with Gasteiger partial charge in [-0.05, 0) is 46.1 Å². The third-order valence-corrected chi connectivity index (χ3v) is 3.28. The van der Waals surface area contributed by atoms with E-state index in [-0.39, 0.29) is 6.04 Å². The minimum Gasteiger partial charge on any atom is -0.306 e. The molecule has 0 heterocycles. The van der Waals surface area contributed by atoms with Crippen LogP contribution in [0.15, 0.2) is 0 Å². The first-order valence-electron chi connectivity index (χ1n) is 6.46. The number of rotatable bonds is 7. The van der Waals surface area contributed by atoms with E-state index in [1.807, 2.05) is 0 Å². The lowest BCUT2D eigenvalue weighted by Gasteiger charge is -2.30. The zero-order valence-corrected chi connectivity index (χ0v) is 10.9. The van der Waals surface area contributed by atoms with E-state index in [4.69, 9.17) is 5.26 Å². The molecule has 0 aliphatic heterocycles. The molecule has 0 aromatic rings. The maximum absolute atomic E-state index is 9.00. The standard InChI is InChI=1S/C13H25N3/c1-11(2)15-13(9-14)7-8-16(3)10-12-5-4-6-12/h11-13,15H,4-8,10H2,1-3H3. The Balaban J connectivity index is 2.13. The van der Waals surface area contributed by atoms with Crippen molar-refractivity contribution in [2.45, 2.75) is 51.6 Å². The molecule has 1 unspecified atom stereocenters. The van der Waals surface area contributed by atoms with E-state index in [9.17, 15) is 0 Å². The Morgan fingerprint density at radius 2 is 2.12 bits per heavy atom. The van der Waals surface area contributed by atoms with Gasteiger partial charge in [-0.15, -0.1) is 0 Å². The number of hydrogen-bond donors (Lipinski definition) is 1. The topological polar surface area (TPSA) is 39.1 Å². The number of nitrogens with one attached hydrogen (secondary N) is 1. The molecule has 0 radical (unpaired) electrons. The summed E-state index contributed by atoms with van der Waals surface area (Å²) >= 11 is 0. The fraction of sp³-hybridized carbons (Fsp3) is 0.923. The molecular formula is C13H25N3. The van der Waals surface area contributed by atoms with Crippen LogP contribution in [0, 0.1) is 17.2 Å². The second kappa shape index (κ2) is 6.88. The highest BCUT2D eigenvalue weighted by Gasteiger charge is 2.19. The summed E-state index contributed by atoms with van der Waals surface area (Å²) in [5.74, 6) is 0.920. The molecule has 0 saturated heterocycles. The summed E-state index contributed by atoms with van der Waals surface area (Å²) in [4.78, 5) is 2.37. The van der Waals surface area contributed by atoms with Crippen molar-refractivity contribution in [3.05, 3.63) is 0 Å². The average Bonchev–Trinajstić information content (AvgIpc) is 2.17. The fourth-order valence-electron chi connectivity index (χ4n) is 2.14. The van der Waals surface area contributed by atoms with Crippen LogP contribution in [0.5, 0.6) is 0 Å². The number of nitrogens with zero attached hydrogens (tertiary/aromatic N) is 2. The molecular weight excluding hydrogens is 198 g/mol. The summed E-state index contributed by atoms with van der Waals surface area (Å²) in [7, 11) is 2.17. The van der Waals surface area contributed by atoms with E-state index in [2.05, 4.69) is 37.2 Å². The summed E-state index contributed by atoms with van der Waals surface area (Å²) in [6.07, 6.45) is 5.14. The van der Waals surface area contributed by atoms with Gasteiger partial charge in [0.05, 0.1) is 12.1 Å². The van der Waals surface area contributed by atoms with E-state index in [0.717, 1.165) is 18.9 Å². The van der Waals surface area contributed by atoms with E-state index in [1.54, 1.807) is 0 Å². The van der Waals surface area contributed by atoms with Gasteiger partial charge in [-0.3, -0.25) is 5.32 Å². The largest absolute Gasteiger partial charge is 0.306 e. The smallest absolute Gasteiger partial charge is 0.0967 e. The Bertz CT molecular complexity index is 228. The maximum Gasteiger partial charge on any atom is 0.0967 e. The van der Waals surface area contributed by atoms with Crippen LogP contribution >= 0.6 is 0 Å². The van der Waals surface area contributed by atoms with Gasteiger partial charge in [-0.1, -0.05) is 6.42 Å². The lowest BCUT2D eigenvalue weighted by molar-refractivity contribution is 0.201. The van der Waals surface area contributed by atoms with Crippen molar-refractivity contribution in [1.82, 2.24) is 10.2 Å². The van der Waals surface area contributed by atoms with Crippen molar-refractivity contribution in [2.24, 2.45) is 5.92 Å². The highest BCUT2D eigenvalue weighted by molar-refractivity contribution is 4.91. The predicted molar refractivity (Wildman–Crippen MR) is 67.1 cm³/mol. The van der Waals surface area contributed by atoms with Crippen LogP contribution in [-0.4, -0.2) is 37.1 Å². The van der Waals surface area contributed by atoms with E-state index in [0.29, 0.717) is 6.04 Å². The summed E-state index contributed by atoms with van der Waals surface area (Å²) in [5, 5.41) is 12.3. The van der Waals surface area contributed by atoms with Gasteiger partial charge in [-0.2, -0.15) is 5.26 Å². The molecule has 1 rings (SSSR count). The lowest BCUT2D eigenvalue weighted by Crippen LogP contribution is -2.37. The predicted octanol–water partition coefficient (Wildman–Crippen LogP) is 2.00. The van der Waals surface area contributed by atoms with Crippen molar-refractivity contribution < 1.29 is 0 Å². The Morgan fingerprint density at radius 3 is 2.56 bits per heavy atom. The van der Waals surface area contributed by atoms with E-state index < -0.39 is 0 Å². The quantitative estimate of drug-likeness (QED) is 0.717. The maximum atomic E-state index is 9.00. The van der Waals surface area contributed by atoms with Crippen LogP contribution in [0.2, 0.25) is 0 Å². The molecule has 1 N–H and O–H groups in total. The zero-order chi connectivity index (χ0) is 12.0. The molecule has 0 bridgehead atoms. The molecule has 1 saturated carbocycles. The molecule has 0 amide bonds. The molecule has 0 aromatic heterocycles. The molecule has 1 aliphatic rings.